The Balaban J connectivity index is 0.000000112. The smallest absolute Gasteiger partial charge is 0.0690 e. The lowest BCUT2D eigenvalue weighted by molar-refractivity contribution is 0.109. The lowest BCUT2D eigenvalue weighted by atomic mass is 10.5. The Hall–Kier alpha value is -0.940. The third kappa shape index (κ3) is 4.46. The minimum atomic E-state index is 0.889. The summed E-state index contributed by atoms with van der Waals surface area (Å²) in [6.45, 7) is 3.83. The average molecular weight is 156 g/mol. The van der Waals surface area contributed by atoms with Crippen LogP contribution in [0.3, 0.4) is 0 Å². The summed E-state index contributed by atoms with van der Waals surface area (Å²) >= 11 is 0. The molecule has 11 heavy (non-hydrogen) atoms. The number of hydrogen-bond donors (Lipinski definition) is 2. The molecule has 1 aliphatic rings. The van der Waals surface area contributed by atoms with E-state index in [2.05, 4.69) is 20.7 Å². The highest BCUT2D eigenvalue weighted by Crippen LogP contribution is 1.76. The Morgan fingerprint density at radius 2 is 2.09 bits per heavy atom. The van der Waals surface area contributed by atoms with Crippen LogP contribution in [0, 0.1) is 0 Å². The molecule has 2 rings (SSSR count). The first-order valence-electron chi connectivity index (χ1n) is 3.59. The van der Waals surface area contributed by atoms with E-state index in [9.17, 15) is 0 Å². The zero-order valence-corrected chi connectivity index (χ0v) is 6.29. The van der Waals surface area contributed by atoms with Crippen molar-refractivity contribution in [2.45, 2.75) is 0 Å². The Bertz CT molecular complexity index is 121. The molecule has 0 spiro atoms. The number of ether oxygens (including phenoxy) is 1. The standard InChI is InChI=1S/C4H9NO.C2H3N3/c1-3-6-4-2-5-1;1-2-4-5-3-1/h5H,1-4H2;1-2H,(H,3,4,5). The molecule has 0 radical (unpaired) electrons. The summed E-state index contributed by atoms with van der Waals surface area (Å²) in [5.74, 6) is 0. The van der Waals surface area contributed by atoms with Crippen molar-refractivity contribution < 1.29 is 4.74 Å². The van der Waals surface area contributed by atoms with Crippen molar-refractivity contribution in [2.75, 3.05) is 26.3 Å². The Morgan fingerprint density at radius 3 is 2.27 bits per heavy atom. The topological polar surface area (TPSA) is 62.8 Å². The highest BCUT2D eigenvalue weighted by atomic mass is 16.5. The van der Waals surface area contributed by atoms with E-state index in [1.54, 1.807) is 12.4 Å². The van der Waals surface area contributed by atoms with Crippen LogP contribution in [0.25, 0.3) is 0 Å². The van der Waals surface area contributed by atoms with Crippen LogP contribution in [0.4, 0.5) is 0 Å². The van der Waals surface area contributed by atoms with Gasteiger partial charge in [-0.2, -0.15) is 0 Å². The molecule has 0 aliphatic carbocycles. The number of nitrogens with zero attached hydrogens (tertiary/aromatic N) is 2. The minimum Gasteiger partial charge on any atom is -0.379 e. The number of hydrogen-bond acceptors (Lipinski definition) is 4. The van der Waals surface area contributed by atoms with Crippen LogP contribution >= 0.6 is 0 Å². The lowest BCUT2D eigenvalue weighted by Gasteiger charge is -2.10. The molecule has 2 N–H and O–H groups in total. The van der Waals surface area contributed by atoms with Crippen LogP contribution in [-0.4, -0.2) is 41.7 Å². The van der Waals surface area contributed by atoms with Gasteiger partial charge in [-0.15, -0.1) is 5.10 Å². The van der Waals surface area contributed by atoms with Gasteiger partial charge in [0.2, 0.25) is 0 Å². The largest absolute Gasteiger partial charge is 0.379 e. The van der Waals surface area contributed by atoms with Crippen molar-refractivity contribution in [3.63, 3.8) is 0 Å². The summed E-state index contributed by atoms with van der Waals surface area (Å²) in [5.41, 5.74) is 0. The van der Waals surface area contributed by atoms with E-state index in [1.165, 1.54) is 0 Å². The first-order valence-corrected chi connectivity index (χ1v) is 3.59. The van der Waals surface area contributed by atoms with Gasteiger partial charge in [0.25, 0.3) is 0 Å². The van der Waals surface area contributed by atoms with Crippen molar-refractivity contribution in [1.82, 2.24) is 20.7 Å². The number of rotatable bonds is 0. The Kier molecular flexibility index (Phi) is 4.31. The third-order valence-corrected chi connectivity index (χ3v) is 1.18. The summed E-state index contributed by atoms with van der Waals surface area (Å²) in [7, 11) is 0. The van der Waals surface area contributed by atoms with Gasteiger partial charge in [-0.05, 0) is 0 Å². The van der Waals surface area contributed by atoms with E-state index in [-0.39, 0.29) is 0 Å². The van der Waals surface area contributed by atoms with Crippen LogP contribution in [0.5, 0.6) is 0 Å². The predicted octanol–water partition coefficient (Wildman–Crippen LogP) is -0.589. The molecular weight excluding hydrogens is 144 g/mol. The number of nitrogens with one attached hydrogen (secondary N) is 2. The van der Waals surface area contributed by atoms with Gasteiger partial charge >= 0.3 is 0 Å². The molecule has 0 unspecified atom stereocenters. The van der Waals surface area contributed by atoms with Gasteiger partial charge in [0.1, 0.15) is 0 Å². The molecule has 0 atom stereocenters. The second-order valence-electron chi connectivity index (χ2n) is 2.02. The van der Waals surface area contributed by atoms with Gasteiger partial charge in [0, 0.05) is 19.3 Å². The molecule has 1 aromatic rings. The SMILES string of the molecule is C1COCCN1.c1c[nH]nn1. The number of H-pyrrole nitrogens is 1. The molecule has 1 aliphatic heterocycles. The zero-order chi connectivity index (χ0) is 7.78. The average Bonchev–Trinajstić information content (AvgIpc) is 2.64. The van der Waals surface area contributed by atoms with E-state index >= 15 is 0 Å². The maximum absolute atomic E-state index is 5.01. The van der Waals surface area contributed by atoms with E-state index in [0.717, 1.165) is 26.3 Å². The van der Waals surface area contributed by atoms with Gasteiger partial charge in [-0.25, -0.2) is 0 Å². The van der Waals surface area contributed by atoms with Crippen molar-refractivity contribution in [3.8, 4) is 0 Å². The molecule has 1 saturated heterocycles. The van der Waals surface area contributed by atoms with Crippen LogP contribution in [0.2, 0.25) is 0 Å². The first-order chi connectivity index (χ1) is 5.50. The van der Waals surface area contributed by atoms with Crippen molar-refractivity contribution >= 4 is 0 Å². The van der Waals surface area contributed by atoms with Crippen molar-refractivity contribution in [3.05, 3.63) is 12.4 Å². The normalized spacial score (nSPS) is 16.7. The van der Waals surface area contributed by atoms with Crippen LogP contribution in [0.1, 0.15) is 0 Å². The fourth-order valence-corrected chi connectivity index (χ4v) is 0.682. The van der Waals surface area contributed by atoms with E-state index in [1.807, 2.05) is 0 Å². The van der Waals surface area contributed by atoms with Gasteiger partial charge in [-0.1, -0.05) is 5.21 Å². The molecule has 1 fully saturated rings. The van der Waals surface area contributed by atoms with Gasteiger partial charge in [0.05, 0.1) is 19.4 Å². The molecule has 5 heteroatoms. The molecule has 2 heterocycles. The van der Waals surface area contributed by atoms with Crippen LogP contribution < -0.4 is 5.32 Å². The highest BCUT2D eigenvalue weighted by molar-refractivity contribution is 4.54. The summed E-state index contributed by atoms with van der Waals surface area (Å²) in [6.07, 6.45) is 3.24. The molecule has 62 valence electrons. The molecule has 5 nitrogen and oxygen atoms in total. The van der Waals surface area contributed by atoms with Gasteiger partial charge < -0.3 is 10.1 Å². The predicted molar refractivity (Wildman–Crippen MR) is 40.1 cm³/mol. The first kappa shape index (κ1) is 8.16. The van der Waals surface area contributed by atoms with E-state index in [4.69, 9.17) is 4.74 Å². The van der Waals surface area contributed by atoms with Crippen molar-refractivity contribution in [1.29, 1.82) is 0 Å². The van der Waals surface area contributed by atoms with E-state index < -0.39 is 0 Å². The molecule has 1 aromatic heterocycles. The fourth-order valence-electron chi connectivity index (χ4n) is 0.682. The summed E-state index contributed by atoms with van der Waals surface area (Å²) < 4.78 is 5.01. The number of aromatic nitrogens is 3. The molecule has 0 bridgehead atoms. The maximum Gasteiger partial charge on any atom is 0.0690 e. The van der Waals surface area contributed by atoms with Crippen LogP contribution in [0.15, 0.2) is 12.4 Å². The van der Waals surface area contributed by atoms with Crippen molar-refractivity contribution in [2.24, 2.45) is 0 Å². The Morgan fingerprint density at radius 1 is 1.27 bits per heavy atom. The monoisotopic (exact) mass is 156 g/mol. The minimum absolute atomic E-state index is 0.889. The zero-order valence-electron chi connectivity index (χ0n) is 6.29. The van der Waals surface area contributed by atoms with Crippen LogP contribution in [-0.2, 0) is 4.74 Å². The second kappa shape index (κ2) is 5.82. The third-order valence-electron chi connectivity index (χ3n) is 1.18. The second-order valence-corrected chi connectivity index (χ2v) is 2.02. The number of aromatic amines is 1. The van der Waals surface area contributed by atoms with E-state index in [0.29, 0.717) is 0 Å². The highest BCUT2D eigenvalue weighted by Gasteiger charge is 1.92. The number of morpholine rings is 1. The van der Waals surface area contributed by atoms with Gasteiger partial charge in [-0.3, -0.25) is 5.10 Å². The summed E-state index contributed by atoms with van der Waals surface area (Å²) in [6, 6.07) is 0. The molecular formula is C6H12N4O. The quantitative estimate of drug-likeness (QED) is 0.527. The fraction of sp³-hybridized carbons (Fsp3) is 0.667. The molecule has 0 amide bonds. The maximum atomic E-state index is 5.01. The summed E-state index contributed by atoms with van der Waals surface area (Å²) in [4.78, 5) is 0. The summed E-state index contributed by atoms with van der Waals surface area (Å²) in [5, 5.41) is 12.4. The molecule has 0 saturated carbocycles. The van der Waals surface area contributed by atoms with Gasteiger partial charge in [0.15, 0.2) is 0 Å². The lowest BCUT2D eigenvalue weighted by Crippen LogP contribution is -2.30. The Labute approximate surface area is 65.1 Å². The molecule has 0 aromatic carbocycles.